The van der Waals surface area contributed by atoms with E-state index in [0.29, 0.717) is 21.7 Å². The molecule has 19 heavy (non-hydrogen) atoms. The minimum Gasteiger partial charge on any atom is -0.384 e. The monoisotopic (exact) mass is 298 g/mol. The van der Waals surface area contributed by atoms with Gasteiger partial charge in [0.1, 0.15) is 11.9 Å². The topological polar surface area (TPSA) is 20.2 Å². The first-order valence-electron chi connectivity index (χ1n) is 5.79. The van der Waals surface area contributed by atoms with Crippen LogP contribution in [0.1, 0.15) is 28.4 Å². The average molecular weight is 299 g/mol. The fraction of sp³-hybridized carbons (Fsp3) is 0.200. The van der Waals surface area contributed by atoms with Gasteiger partial charge in [0.2, 0.25) is 0 Å². The van der Waals surface area contributed by atoms with E-state index in [4.69, 9.17) is 23.2 Å². The van der Waals surface area contributed by atoms with Crippen molar-refractivity contribution in [2.45, 2.75) is 20.0 Å². The van der Waals surface area contributed by atoms with E-state index in [1.807, 2.05) is 13.0 Å². The molecule has 0 heterocycles. The number of hydrogen-bond acceptors (Lipinski definition) is 1. The van der Waals surface area contributed by atoms with Crippen LogP contribution in [0.3, 0.4) is 0 Å². The second-order valence-electron chi connectivity index (χ2n) is 4.59. The summed E-state index contributed by atoms with van der Waals surface area (Å²) in [7, 11) is 0. The van der Waals surface area contributed by atoms with Crippen LogP contribution in [-0.4, -0.2) is 5.11 Å². The molecular formula is C15H13Cl2FO. The first-order chi connectivity index (χ1) is 8.88. The lowest BCUT2D eigenvalue weighted by atomic mass is 9.98. The SMILES string of the molecule is Cc1cc(Cl)cc(C(O)c2cc(C)c(F)cc2Cl)c1. The minimum absolute atomic E-state index is 0.202. The van der Waals surface area contributed by atoms with Crippen molar-refractivity contribution in [2.75, 3.05) is 0 Å². The van der Waals surface area contributed by atoms with Gasteiger partial charge < -0.3 is 5.11 Å². The van der Waals surface area contributed by atoms with Crippen molar-refractivity contribution in [1.82, 2.24) is 0 Å². The Morgan fingerprint density at radius 1 is 1.05 bits per heavy atom. The number of rotatable bonds is 2. The quantitative estimate of drug-likeness (QED) is 0.842. The van der Waals surface area contributed by atoms with E-state index in [9.17, 15) is 9.50 Å². The van der Waals surface area contributed by atoms with Gasteiger partial charge in [0.25, 0.3) is 0 Å². The van der Waals surface area contributed by atoms with Crippen LogP contribution in [0.2, 0.25) is 10.0 Å². The van der Waals surface area contributed by atoms with Crippen LogP contribution in [0.25, 0.3) is 0 Å². The minimum atomic E-state index is -0.927. The number of aryl methyl sites for hydroxylation is 2. The second-order valence-corrected chi connectivity index (χ2v) is 5.43. The van der Waals surface area contributed by atoms with Crippen LogP contribution in [0.4, 0.5) is 4.39 Å². The van der Waals surface area contributed by atoms with Crippen molar-refractivity contribution in [3.63, 3.8) is 0 Å². The Bertz CT molecular complexity index is 606. The summed E-state index contributed by atoms with van der Waals surface area (Å²) in [5.41, 5.74) is 2.49. The number of hydrogen-bond donors (Lipinski definition) is 1. The fourth-order valence-corrected chi connectivity index (χ4v) is 2.54. The van der Waals surface area contributed by atoms with Crippen molar-refractivity contribution in [2.24, 2.45) is 0 Å². The lowest BCUT2D eigenvalue weighted by Crippen LogP contribution is -2.02. The molecule has 0 aromatic heterocycles. The summed E-state index contributed by atoms with van der Waals surface area (Å²) in [6.45, 7) is 3.52. The molecule has 0 aliphatic rings. The number of aliphatic hydroxyl groups is 1. The van der Waals surface area contributed by atoms with Crippen LogP contribution in [-0.2, 0) is 0 Å². The van der Waals surface area contributed by atoms with Gasteiger partial charge in [-0.2, -0.15) is 0 Å². The zero-order valence-corrected chi connectivity index (χ0v) is 12.1. The molecule has 100 valence electrons. The Morgan fingerprint density at radius 3 is 2.37 bits per heavy atom. The van der Waals surface area contributed by atoms with E-state index in [2.05, 4.69) is 0 Å². The molecule has 0 spiro atoms. The molecule has 1 atom stereocenters. The smallest absolute Gasteiger partial charge is 0.127 e. The third-order valence-electron chi connectivity index (χ3n) is 2.95. The summed E-state index contributed by atoms with van der Waals surface area (Å²) < 4.78 is 13.4. The highest BCUT2D eigenvalue weighted by atomic mass is 35.5. The van der Waals surface area contributed by atoms with Gasteiger partial charge in [-0.15, -0.1) is 0 Å². The van der Waals surface area contributed by atoms with Crippen LogP contribution >= 0.6 is 23.2 Å². The van der Waals surface area contributed by atoms with Crippen LogP contribution < -0.4 is 0 Å². The van der Waals surface area contributed by atoms with E-state index in [-0.39, 0.29) is 10.8 Å². The maximum atomic E-state index is 13.4. The molecular weight excluding hydrogens is 286 g/mol. The molecule has 0 fully saturated rings. The zero-order valence-electron chi connectivity index (χ0n) is 10.5. The van der Waals surface area contributed by atoms with Gasteiger partial charge in [-0.25, -0.2) is 4.39 Å². The predicted octanol–water partition coefficient (Wildman–Crippen LogP) is 4.83. The van der Waals surface area contributed by atoms with Gasteiger partial charge in [-0.05, 0) is 54.8 Å². The maximum absolute atomic E-state index is 13.4. The van der Waals surface area contributed by atoms with Gasteiger partial charge in [0.05, 0.1) is 0 Å². The Hall–Kier alpha value is -1.09. The normalized spacial score (nSPS) is 12.5. The molecule has 0 amide bonds. The van der Waals surface area contributed by atoms with Gasteiger partial charge in [-0.3, -0.25) is 0 Å². The van der Waals surface area contributed by atoms with Gasteiger partial charge >= 0.3 is 0 Å². The van der Waals surface area contributed by atoms with E-state index in [0.717, 1.165) is 5.56 Å². The van der Waals surface area contributed by atoms with Gasteiger partial charge in [0, 0.05) is 15.6 Å². The Morgan fingerprint density at radius 2 is 1.74 bits per heavy atom. The summed E-state index contributed by atoms with van der Waals surface area (Å²) in [4.78, 5) is 0. The van der Waals surface area contributed by atoms with Gasteiger partial charge in [-0.1, -0.05) is 29.3 Å². The van der Waals surface area contributed by atoms with E-state index in [1.165, 1.54) is 6.07 Å². The van der Waals surface area contributed by atoms with Crippen LogP contribution in [0.5, 0.6) is 0 Å². The predicted molar refractivity (Wildman–Crippen MR) is 76.4 cm³/mol. The number of halogens is 3. The molecule has 0 aliphatic heterocycles. The standard InChI is InChI=1S/C15H13Cl2FO/c1-8-3-10(6-11(16)4-8)15(19)12-5-9(2)14(18)7-13(12)17/h3-7,15,19H,1-2H3. The lowest BCUT2D eigenvalue weighted by Gasteiger charge is -2.15. The highest BCUT2D eigenvalue weighted by molar-refractivity contribution is 6.31. The molecule has 2 aromatic rings. The maximum Gasteiger partial charge on any atom is 0.127 e. The van der Waals surface area contributed by atoms with E-state index in [1.54, 1.807) is 25.1 Å². The van der Waals surface area contributed by atoms with Gasteiger partial charge in [0.15, 0.2) is 0 Å². The Balaban J connectivity index is 2.49. The summed E-state index contributed by atoms with van der Waals surface area (Å²) in [5, 5.41) is 11.1. The molecule has 1 nitrogen and oxygen atoms in total. The third kappa shape index (κ3) is 3.08. The second kappa shape index (κ2) is 5.49. The molecule has 2 rings (SSSR count). The molecule has 1 N–H and O–H groups in total. The van der Waals surface area contributed by atoms with E-state index < -0.39 is 6.10 Å². The summed E-state index contributed by atoms with van der Waals surface area (Å²) >= 11 is 12.0. The van der Waals surface area contributed by atoms with Crippen LogP contribution in [0.15, 0.2) is 30.3 Å². The molecule has 0 bridgehead atoms. The molecule has 0 aliphatic carbocycles. The molecule has 1 unspecified atom stereocenters. The van der Waals surface area contributed by atoms with Crippen molar-refractivity contribution in [3.05, 3.63) is 68.4 Å². The summed E-state index contributed by atoms with van der Waals surface area (Å²) in [6, 6.07) is 8.07. The first-order valence-corrected chi connectivity index (χ1v) is 6.55. The first kappa shape index (κ1) is 14.3. The summed E-state index contributed by atoms with van der Waals surface area (Å²) in [6.07, 6.45) is -0.927. The molecule has 4 heteroatoms. The average Bonchev–Trinajstić information content (AvgIpc) is 2.31. The number of benzene rings is 2. The highest BCUT2D eigenvalue weighted by Crippen LogP contribution is 2.31. The zero-order chi connectivity index (χ0) is 14.2. The number of aliphatic hydroxyl groups excluding tert-OH is 1. The summed E-state index contributed by atoms with van der Waals surface area (Å²) in [5.74, 6) is -0.386. The largest absolute Gasteiger partial charge is 0.384 e. The molecule has 2 aromatic carbocycles. The lowest BCUT2D eigenvalue weighted by molar-refractivity contribution is 0.220. The Labute approximate surface area is 121 Å². The third-order valence-corrected chi connectivity index (χ3v) is 3.50. The molecule has 0 saturated heterocycles. The van der Waals surface area contributed by atoms with E-state index >= 15 is 0 Å². The molecule has 0 radical (unpaired) electrons. The van der Waals surface area contributed by atoms with Crippen molar-refractivity contribution in [3.8, 4) is 0 Å². The fourth-order valence-electron chi connectivity index (χ4n) is 1.99. The Kier molecular flexibility index (Phi) is 4.14. The van der Waals surface area contributed by atoms with Crippen molar-refractivity contribution in [1.29, 1.82) is 0 Å². The van der Waals surface area contributed by atoms with Crippen molar-refractivity contribution >= 4 is 23.2 Å². The highest BCUT2D eigenvalue weighted by Gasteiger charge is 2.16. The van der Waals surface area contributed by atoms with Crippen LogP contribution in [0, 0.1) is 19.7 Å². The molecule has 0 saturated carbocycles. The van der Waals surface area contributed by atoms with Crippen molar-refractivity contribution < 1.29 is 9.50 Å².